The van der Waals surface area contributed by atoms with Crippen LogP contribution < -0.4 is 9.47 Å². The number of rotatable bonds is 17. The summed E-state index contributed by atoms with van der Waals surface area (Å²) in [7, 11) is 3.23. The van der Waals surface area contributed by atoms with Gasteiger partial charge in [-0.3, -0.25) is 9.59 Å². The van der Waals surface area contributed by atoms with E-state index in [1.807, 2.05) is 47.5 Å². The molecule has 1 aromatic heterocycles. The Labute approximate surface area is 214 Å². The molecular weight excluding hydrogens is 464 g/mol. The smallest absolute Gasteiger partial charge is 0.242 e. The maximum absolute atomic E-state index is 13.5. The summed E-state index contributed by atoms with van der Waals surface area (Å²) >= 11 is 1.63. The van der Waals surface area contributed by atoms with Gasteiger partial charge in [0.05, 0.1) is 27.3 Å². The van der Waals surface area contributed by atoms with E-state index in [0.29, 0.717) is 57.2 Å². The van der Waals surface area contributed by atoms with Gasteiger partial charge in [-0.15, -0.1) is 11.3 Å². The number of unbranched alkanes of at least 4 members (excludes halogenated alkanes) is 1. The molecule has 7 nitrogen and oxygen atoms in total. The number of amides is 2. The molecule has 1 heterocycles. The maximum atomic E-state index is 13.5. The summed E-state index contributed by atoms with van der Waals surface area (Å²) in [5.41, 5.74) is 1.05. The van der Waals surface area contributed by atoms with Crippen molar-refractivity contribution < 1.29 is 23.8 Å². The van der Waals surface area contributed by atoms with Gasteiger partial charge in [-0.2, -0.15) is 0 Å². The molecule has 2 aromatic rings. The second-order valence-corrected chi connectivity index (χ2v) is 9.34. The molecule has 194 valence electrons. The fourth-order valence-electron chi connectivity index (χ4n) is 3.73. The molecule has 2 amide bonds. The Bertz CT molecular complexity index is 888. The Hall–Kier alpha value is -2.58. The van der Waals surface area contributed by atoms with Crippen LogP contribution in [0, 0.1) is 0 Å². The van der Waals surface area contributed by atoms with Gasteiger partial charge in [0.15, 0.2) is 11.5 Å². The van der Waals surface area contributed by atoms with Gasteiger partial charge >= 0.3 is 0 Å². The first-order valence-electron chi connectivity index (χ1n) is 12.4. The standard InChI is InChI=1S/C27H40N2O5S/c1-5-7-11-26(30)28(15-9-17-34-6-2)21-27(31)29(20-23-10-8-18-35-23)16-14-22-12-13-24(32-3)25(19-22)33-4/h8,10,12-13,18-19H,5-7,9,11,14-17,20-21H2,1-4H3. The lowest BCUT2D eigenvalue weighted by molar-refractivity contribution is -0.141. The Kier molecular flexibility index (Phi) is 13.2. The average Bonchev–Trinajstić information content (AvgIpc) is 3.39. The molecule has 0 spiro atoms. The molecule has 2 rings (SSSR count). The van der Waals surface area contributed by atoms with Crippen LogP contribution in [0.15, 0.2) is 35.7 Å². The van der Waals surface area contributed by atoms with E-state index in [0.717, 1.165) is 29.7 Å². The Balaban J connectivity index is 2.11. The van der Waals surface area contributed by atoms with Crippen LogP contribution in [0.3, 0.4) is 0 Å². The molecule has 0 aliphatic heterocycles. The molecule has 0 saturated carbocycles. The largest absolute Gasteiger partial charge is 0.493 e. The molecule has 0 bridgehead atoms. The van der Waals surface area contributed by atoms with Gasteiger partial charge in [0.2, 0.25) is 11.8 Å². The fourth-order valence-corrected chi connectivity index (χ4v) is 4.45. The molecule has 0 fully saturated rings. The third-order valence-corrected chi connectivity index (χ3v) is 6.60. The summed E-state index contributed by atoms with van der Waals surface area (Å²) in [5.74, 6) is 1.34. The number of thiophene rings is 1. The predicted octanol–water partition coefficient (Wildman–Crippen LogP) is 4.78. The summed E-state index contributed by atoms with van der Waals surface area (Å²) < 4.78 is 16.2. The minimum atomic E-state index is -0.0415. The van der Waals surface area contributed by atoms with E-state index >= 15 is 0 Å². The highest BCUT2D eigenvalue weighted by molar-refractivity contribution is 7.09. The number of carbonyl (C=O) groups excluding carboxylic acids is 2. The van der Waals surface area contributed by atoms with Gasteiger partial charge in [-0.05, 0) is 55.3 Å². The summed E-state index contributed by atoms with van der Waals surface area (Å²) in [6.45, 7) is 6.93. The number of hydrogen-bond donors (Lipinski definition) is 0. The van der Waals surface area contributed by atoms with Crippen LogP contribution in [0.4, 0.5) is 0 Å². The minimum Gasteiger partial charge on any atom is -0.493 e. The molecule has 0 aliphatic rings. The zero-order chi connectivity index (χ0) is 25.5. The normalized spacial score (nSPS) is 10.7. The van der Waals surface area contributed by atoms with Crippen molar-refractivity contribution in [2.75, 3.05) is 47.1 Å². The number of ether oxygens (including phenoxy) is 3. The van der Waals surface area contributed by atoms with E-state index in [2.05, 4.69) is 6.92 Å². The van der Waals surface area contributed by atoms with Gasteiger partial charge in [0, 0.05) is 37.6 Å². The van der Waals surface area contributed by atoms with E-state index in [-0.39, 0.29) is 18.4 Å². The molecule has 0 unspecified atom stereocenters. The molecule has 1 aromatic carbocycles. The quantitative estimate of drug-likeness (QED) is 0.290. The van der Waals surface area contributed by atoms with Gasteiger partial charge in [0.1, 0.15) is 0 Å². The van der Waals surface area contributed by atoms with Gasteiger partial charge in [-0.1, -0.05) is 25.5 Å². The zero-order valence-electron chi connectivity index (χ0n) is 21.6. The number of hydrogen-bond acceptors (Lipinski definition) is 6. The van der Waals surface area contributed by atoms with E-state index in [9.17, 15) is 9.59 Å². The molecule has 0 atom stereocenters. The van der Waals surface area contributed by atoms with Crippen molar-refractivity contribution in [2.45, 2.75) is 52.5 Å². The predicted molar refractivity (Wildman–Crippen MR) is 140 cm³/mol. The zero-order valence-corrected chi connectivity index (χ0v) is 22.4. The topological polar surface area (TPSA) is 68.3 Å². The fraction of sp³-hybridized carbons (Fsp3) is 0.556. The lowest BCUT2D eigenvalue weighted by Crippen LogP contribution is -2.43. The molecular formula is C27H40N2O5S. The first-order valence-corrected chi connectivity index (χ1v) is 13.3. The lowest BCUT2D eigenvalue weighted by atomic mass is 10.1. The monoisotopic (exact) mass is 504 g/mol. The second kappa shape index (κ2) is 16.2. The number of benzene rings is 1. The van der Waals surface area contributed by atoms with Gasteiger partial charge in [0.25, 0.3) is 0 Å². The van der Waals surface area contributed by atoms with Gasteiger partial charge < -0.3 is 24.0 Å². The second-order valence-electron chi connectivity index (χ2n) is 8.30. The van der Waals surface area contributed by atoms with Crippen molar-refractivity contribution in [1.82, 2.24) is 9.80 Å². The van der Waals surface area contributed by atoms with Crippen molar-refractivity contribution in [1.29, 1.82) is 0 Å². The third kappa shape index (κ3) is 9.90. The summed E-state index contributed by atoms with van der Waals surface area (Å²) in [6.07, 6.45) is 3.63. The number of methoxy groups -OCH3 is 2. The van der Waals surface area contributed by atoms with Crippen molar-refractivity contribution in [3.05, 3.63) is 46.2 Å². The van der Waals surface area contributed by atoms with Crippen LogP contribution in [-0.2, 0) is 27.3 Å². The molecule has 0 aliphatic carbocycles. The SMILES string of the molecule is CCCCC(=O)N(CCCOCC)CC(=O)N(CCc1ccc(OC)c(OC)c1)Cc1cccs1. The lowest BCUT2D eigenvalue weighted by Gasteiger charge is -2.28. The maximum Gasteiger partial charge on any atom is 0.242 e. The number of carbonyl (C=O) groups is 2. The van der Waals surface area contributed by atoms with Crippen molar-refractivity contribution >= 4 is 23.2 Å². The Morgan fingerprint density at radius 2 is 1.74 bits per heavy atom. The van der Waals surface area contributed by atoms with Crippen molar-refractivity contribution in [3.63, 3.8) is 0 Å². The molecule has 0 radical (unpaired) electrons. The summed E-state index contributed by atoms with van der Waals surface area (Å²) in [4.78, 5) is 31.0. The molecule has 8 heteroatoms. The van der Waals surface area contributed by atoms with E-state index in [1.54, 1.807) is 30.5 Å². The summed E-state index contributed by atoms with van der Waals surface area (Å²) in [5, 5.41) is 2.01. The van der Waals surface area contributed by atoms with Crippen LogP contribution in [0.2, 0.25) is 0 Å². The third-order valence-electron chi connectivity index (χ3n) is 5.74. The molecule has 0 saturated heterocycles. The first-order chi connectivity index (χ1) is 17.0. The summed E-state index contributed by atoms with van der Waals surface area (Å²) in [6, 6.07) is 9.84. The van der Waals surface area contributed by atoms with E-state index in [4.69, 9.17) is 14.2 Å². The van der Waals surface area contributed by atoms with Crippen LogP contribution in [-0.4, -0.2) is 68.7 Å². The Morgan fingerprint density at radius 1 is 0.943 bits per heavy atom. The first kappa shape index (κ1) is 28.7. The average molecular weight is 505 g/mol. The van der Waals surface area contributed by atoms with Crippen LogP contribution in [0.1, 0.15) is 50.0 Å². The highest BCUT2D eigenvalue weighted by atomic mass is 32.1. The van der Waals surface area contributed by atoms with Crippen LogP contribution >= 0.6 is 11.3 Å². The highest BCUT2D eigenvalue weighted by Crippen LogP contribution is 2.28. The highest BCUT2D eigenvalue weighted by Gasteiger charge is 2.21. The van der Waals surface area contributed by atoms with Crippen molar-refractivity contribution in [2.24, 2.45) is 0 Å². The van der Waals surface area contributed by atoms with Crippen LogP contribution in [0.25, 0.3) is 0 Å². The van der Waals surface area contributed by atoms with Crippen LogP contribution in [0.5, 0.6) is 11.5 Å². The number of nitrogens with zero attached hydrogens (tertiary/aromatic N) is 2. The van der Waals surface area contributed by atoms with E-state index in [1.165, 1.54) is 0 Å². The minimum absolute atomic E-state index is 0.0349. The molecule has 35 heavy (non-hydrogen) atoms. The van der Waals surface area contributed by atoms with Gasteiger partial charge in [-0.25, -0.2) is 0 Å². The van der Waals surface area contributed by atoms with Crippen molar-refractivity contribution in [3.8, 4) is 11.5 Å². The van der Waals surface area contributed by atoms with E-state index < -0.39 is 0 Å². The molecule has 0 N–H and O–H groups in total. The Morgan fingerprint density at radius 3 is 2.40 bits per heavy atom.